The maximum absolute atomic E-state index is 14.0. The predicted molar refractivity (Wildman–Crippen MR) is 118 cm³/mol. The molecule has 1 aliphatic heterocycles. The third-order valence-electron chi connectivity index (χ3n) is 5.88. The first-order valence-corrected chi connectivity index (χ1v) is 10.5. The van der Waals surface area contributed by atoms with Crippen molar-refractivity contribution in [2.24, 2.45) is 5.41 Å². The lowest BCUT2D eigenvalue weighted by atomic mass is 9.73. The van der Waals surface area contributed by atoms with Gasteiger partial charge in [0, 0.05) is 36.0 Å². The molecule has 31 heavy (non-hydrogen) atoms. The maximum atomic E-state index is 14.0. The lowest BCUT2D eigenvalue weighted by Crippen LogP contribution is -2.52. The van der Waals surface area contributed by atoms with Crippen LogP contribution in [0.3, 0.4) is 0 Å². The van der Waals surface area contributed by atoms with Gasteiger partial charge in [0.15, 0.2) is 5.78 Å². The quantitative estimate of drug-likeness (QED) is 0.591. The van der Waals surface area contributed by atoms with Crippen LogP contribution in [0.25, 0.3) is 11.3 Å². The highest BCUT2D eigenvalue weighted by molar-refractivity contribution is 6.06. The minimum atomic E-state index is -0.750. The van der Waals surface area contributed by atoms with Crippen LogP contribution >= 0.6 is 0 Å². The fourth-order valence-electron chi connectivity index (χ4n) is 3.97. The van der Waals surface area contributed by atoms with Gasteiger partial charge in [-0.15, -0.1) is 0 Å². The molecular formula is C25H26FN3O2. The molecule has 1 saturated heterocycles. The molecule has 0 bridgehead atoms. The monoisotopic (exact) mass is 419 g/mol. The predicted octanol–water partition coefficient (Wildman–Crippen LogP) is 4.61. The molecule has 0 aliphatic carbocycles. The summed E-state index contributed by atoms with van der Waals surface area (Å²) in [5.74, 6) is -0.0918. The van der Waals surface area contributed by atoms with Gasteiger partial charge in [-0.25, -0.2) is 9.37 Å². The van der Waals surface area contributed by atoms with Crippen molar-refractivity contribution in [1.82, 2.24) is 15.3 Å². The molecule has 3 heterocycles. The summed E-state index contributed by atoms with van der Waals surface area (Å²) < 4.78 is 19.1. The van der Waals surface area contributed by atoms with Gasteiger partial charge in [0.1, 0.15) is 12.4 Å². The van der Waals surface area contributed by atoms with E-state index < -0.39 is 11.2 Å². The van der Waals surface area contributed by atoms with Crippen molar-refractivity contribution in [1.29, 1.82) is 0 Å². The molecule has 4 rings (SSSR count). The van der Waals surface area contributed by atoms with E-state index in [1.807, 2.05) is 43.3 Å². The molecule has 1 aliphatic rings. The highest BCUT2D eigenvalue weighted by Gasteiger charge is 2.43. The number of nitrogens with zero attached hydrogens (tertiary/aromatic N) is 2. The van der Waals surface area contributed by atoms with E-state index in [0.29, 0.717) is 30.5 Å². The Kier molecular flexibility index (Phi) is 6.09. The molecule has 6 heteroatoms. The third-order valence-corrected chi connectivity index (χ3v) is 5.88. The van der Waals surface area contributed by atoms with E-state index in [2.05, 4.69) is 22.2 Å². The zero-order valence-corrected chi connectivity index (χ0v) is 17.8. The smallest absolute Gasteiger partial charge is 0.213 e. The van der Waals surface area contributed by atoms with Gasteiger partial charge in [-0.1, -0.05) is 23.8 Å². The van der Waals surface area contributed by atoms with Crippen molar-refractivity contribution in [3.63, 3.8) is 0 Å². The van der Waals surface area contributed by atoms with Crippen LogP contribution in [0.4, 0.5) is 4.39 Å². The molecule has 0 radical (unpaired) electrons. The second-order valence-electron chi connectivity index (χ2n) is 8.30. The highest BCUT2D eigenvalue weighted by atomic mass is 19.1. The summed E-state index contributed by atoms with van der Waals surface area (Å²) in [7, 11) is 0. The third kappa shape index (κ3) is 4.64. The fourth-order valence-corrected chi connectivity index (χ4v) is 3.97. The molecule has 5 nitrogen and oxygen atoms in total. The number of benzene rings is 1. The van der Waals surface area contributed by atoms with E-state index in [1.54, 1.807) is 6.20 Å². The van der Waals surface area contributed by atoms with Crippen LogP contribution in [-0.2, 0) is 0 Å². The molecule has 0 unspecified atom stereocenters. The van der Waals surface area contributed by atoms with Crippen molar-refractivity contribution >= 4 is 5.78 Å². The Morgan fingerprint density at radius 2 is 2.10 bits per heavy atom. The van der Waals surface area contributed by atoms with E-state index in [1.165, 1.54) is 12.1 Å². The first-order valence-electron chi connectivity index (χ1n) is 10.5. The summed E-state index contributed by atoms with van der Waals surface area (Å²) in [6, 6.07) is 14.7. The van der Waals surface area contributed by atoms with Crippen LogP contribution < -0.4 is 10.1 Å². The Morgan fingerprint density at radius 3 is 2.77 bits per heavy atom. The Labute approximate surface area is 181 Å². The number of hydrogen-bond donors (Lipinski definition) is 1. The molecule has 3 aromatic rings. The summed E-state index contributed by atoms with van der Waals surface area (Å²) in [6.45, 7) is 4.76. The zero-order chi connectivity index (χ0) is 21.8. The van der Waals surface area contributed by atoms with Gasteiger partial charge in [-0.2, -0.15) is 0 Å². The van der Waals surface area contributed by atoms with Gasteiger partial charge in [-0.05, 0) is 51.0 Å². The van der Waals surface area contributed by atoms with Crippen LogP contribution in [-0.4, -0.2) is 34.9 Å². The first kappa shape index (κ1) is 21.1. The number of hydrogen-bond acceptors (Lipinski definition) is 5. The van der Waals surface area contributed by atoms with Crippen LogP contribution in [0, 0.1) is 18.2 Å². The molecule has 2 atom stereocenters. The number of Topliss-reactive ketones (excluding diaryl/α,β-unsaturated/α-hetero) is 1. The number of carbonyl (C=O) groups is 1. The minimum absolute atomic E-state index is 0.0263. The van der Waals surface area contributed by atoms with E-state index in [-0.39, 0.29) is 12.4 Å². The largest absolute Gasteiger partial charge is 0.477 e. The summed E-state index contributed by atoms with van der Waals surface area (Å²) in [4.78, 5) is 22.5. The van der Waals surface area contributed by atoms with Gasteiger partial charge in [-0.3, -0.25) is 9.78 Å². The molecule has 0 spiro atoms. The van der Waals surface area contributed by atoms with Gasteiger partial charge in [0.05, 0.1) is 17.3 Å². The van der Waals surface area contributed by atoms with Crippen molar-refractivity contribution in [3.8, 4) is 17.1 Å². The van der Waals surface area contributed by atoms with Crippen molar-refractivity contribution in [3.05, 3.63) is 77.9 Å². The minimum Gasteiger partial charge on any atom is -0.477 e. The SMILES string of the molecule is Cc1ccc(-c2ccccn2)c(C(=O)[C@]2(COc3ccc(F)cn3)CC[C@@H](C)NC2)c1. The number of pyridine rings is 2. The normalized spacial score (nSPS) is 20.9. The van der Waals surface area contributed by atoms with Crippen molar-refractivity contribution in [2.75, 3.05) is 13.2 Å². The lowest BCUT2D eigenvalue weighted by molar-refractivity contribution is 0.0559. The van der Waals surface area contributed by atoms with E-state index in [9.17, 15) is 9.18 Å². The molecule has 0 saturated carbocycles. The summed E-state index contributed by atoms with van der Waals surface area (Å²) in [5, 5.41) is 3.45. The Morgan fingerprint density at radius 1 is 1.23 bits per heavy atom. The number of rotatable bonds is 6. The van der Waals surface area contributed by atoms with Crippen LogP contribution in [0.1, 0.15) is 35.7 Å². The summed E-state index contributed by atoms with van der Waals surface area (Å²) >= 11 is 0. The van der Waals surface area contributed by atoms with Gasteiger partial charge in [0.25, 0.3) is 0 Å². The van der Waals surface area contributed by atoms with Crippen LogP contribution in [0.5, 0.6) is 5.88 Å². The number of ether oxygens (including phenoxy) is 1. The van der Waals surface area contributed by atoms with Gasteiger partial charge in [0.2, 0.25) is 5.88 Å². The number of ketones is 1. The van der Waals surface area contributed by atoms with Crippen LogP contribution in [0.2, 0.25) is 0 Å². The average Bonchev–Trinajstić information content (AvgIpc) is 2.80. The molecule has 0 amide bonds. The Balaban J connectivity index is 1.69. The molecule has 2 aromatic heterocycles. The lowest BCUT2D eigenvalue weighted by Gasteiger charge is -2.38. The summed E-state index contributed by atoms with van der Waals surface area (Å²) in [5.41, 5.74) is 2.48. The van der Waals surface area contributed by atoms with Gasteiger partial charge < -0.3 is 10.1 Å². The number of piperidine rings is 1. The zero-order valence-electron chi connectivity index (χ0n) is 17.8. The maximum Gasteiger partial charge on any atom is 0.213 e. The second-order valence-corrected chi connectivity index (χ2v) is 8.30. The average molecular weight is 420 g/mol. The van der Waals surface area contributed by atoms with E-state index in [4.69, 9.17) is 4.74 Å². The molecule has 160 valence electrons. The van der Waals surface area contributed by atoms with E-state index in [0.717, 1.165) is 29.4 Å². The molecule has 1 N–H and O–H groups in total. The molecular weight excluding hydrogens is 393 g/mol. The first-order chi connectivity index (χ1) is 15.0. The number of aryl methyl sites for hydroxylation is 1. The molecule has 1 fully saturated rings. The number of carbonyl (C=O) groups excluding carboxylic acids is 1. The summed E-state index contributed by atoms with van der Waals surface area (Å²) in [6.07, 6.45) is 4.39. The van der Waals surface area contributed by atoms with Crippen LogP contribution in [0.15, 0.2) is 60.9 Å². The Bertz CT molecular complexity index is 1050. The van der Waals surface area contributed by atoms with E-state index >= 15 is 0 Å². The van der Waals surface area contributed by atoms with Crippen molar-refractivity contribution in [2.45, 2.75) is 32.7 Å². The number of nitrogens with one attached hydrogen (secondary N) is 1. The molecule has 1 aromatic carbocycles. The highest BCUT2D eigenvalue weighted by Crippen LogP contribution is 2.36. The Hall–Kier alpha value is -3.12. The van der Waals surface area contributed by atoms with Crippen molar-refractivity contribution < 1.29 is 13.9 Å². The second kappa shape index (κ2) is 8.94. The topological polar surface area (TPSA) is 64.1 Å². The number of halogens is 1. The fraction of sp³-hybridized carbons (Fsp3) is 0.320. The van der Waals surface area contributed by atoms with Gasteiger partial charge >= 0.3 is 0 Å². The standard InChI is InChI=1S/C25H26FN3O2/c1-17-6-8-20(22-5-3-4-12-27-22)21(13-17)24(30)25(11-10-18(2)29-15-25)16-31-23-9-7-19(26)14-28-23/h3-9,12-14,18,29H,10-11,15-16H2,1-2H3/t18-,25-/m1/s1. The number of aromatic nitrogens is 2.